The van der Waals surface area contributed by atoms with Crippen molar-refractivity contribution in [1.82, 2.24) is 5.32 Å². The molecule has 0 saturated heterocycles. The van der Waals surface area contributed by atoms with E-state index in [0.29, 0.717) is 4.90 Å². The Balaban J connectivity index is 2.18. The smallest absolute Gasteiger partial charge is 0.416 e. The van der Waals surface area contributed by atoms with Crippen LogP contribution in [0.4, 0.5) is 13.2 Å². The summed E-state index contributed by atoms with van der Waals surface area (Å²) in [6, 6.07) is 15.3. The average Bonchev–Trinajstić information content (AvgIpc) is 2.78. The number of dihydropyridines is 1. The zero-order valence-electron chi connectivity index (χ0n) is 17.9. The molecule has 2 unspecified atom stereocenters. The van der Waals surface area contributed by atoms with E-state index in [1.807, 2.05) is 6.07 Å². The Bertz CT molecular complexity index is 1140. The maximum absolute atomic E-state index is 13.8. The molecule has 0 radical (unpaired) electrons. The molecule has 172 valence electrons. The molecular formula is C24H21F3N2O3S. The molecule has 9 heteroatoms. The highest BCUT2D eigenvalue weighted by Gasteiger charge is 2.42. The number of carbonyl (C=O) groups excluding carboxylic acids is 1. The predicted octanol–water partition coefficient (Wildman–Crippen LogP) is 4.81. The summed E-state index contributed by atoms with van der Waals surface area (Å²) in [5.41, 5.74) is -0.943. The summed E-state index contributed by atoms with van der Waals surface area (Å²) >= 11 is -1.57. The van der Waals surface area contributed by atoms with Gasteiger partial charge >= 0.3 is 12.1 Å². The molecule has 2 aromatic carbocycles. The van der Waals surface area contributed by atoms with Gasteiger partial charge in [0.25, 0.3) is 0 Å². The Morgan fingerprint density at radius 2 is 1.82 bits per heavy atom. The largest absolute Gasteiger partial charge is 0.611 e. The summed E-state index contributed by atoms with van der Waals surface area (Å²) < 4.78 is 59.5. The van der Waals surface area contributed by atoms with E-state index in [9.17, 15) is 27.8 Å². The highest BCUT2D eigenvalue weighted by atomic mass is 32.2. The fourth-order valence-corrected chi connectivity index (χ4v) is 4.84. The van der Waals surface area contributed by atoms with Gasteiger partial charge in [0, 0.05) is 5.70 Å². The molecule has 3 rings (SSSR count). The number of alkyl halides is 3. The summed E-state index contributed by atoms with van der Waals surface area (Å²) in [6.45, 7) is 3.12. The number of ether oxygens (including phenoxy) is 1. The highest BCUT2D eigenvalue weighted by molar-refractivity contribution is 7.91. The third-order valence-corrected chi connectivity index (χ3v) is 6.47. The topological polar surface area (TPSA) is 85.2 Å². The fraction of sp³-hybridized carbons (Fsp3) is 0.250. The first-order valence-electron chi connectivity index (χ1n) is 10.1. The SMILES string of the molecule is CCOC(=O)C1=C(C)NC(C[S+]([O-])c2ccccc2)=C(C#N)C1c1ccccc1C(F)(F)F. The molecule has 1 heterocycles. The van der Waals surface area contributed by atoms with Crippen molar-refractivity contribution in [2.75, 3.05) is 12.4 Å². The lowest BCUT2D eigenvalue weighted by atomic mass is 9.79. The molecule has 0 aliphatic carbocycles. The lowest BCUT2D eigenvalue weighted by Gasteiger charge is -2.31. The molecule has 0 spiro atoms. The Hall–Kier alpha value is -3.22. The normalized spacial score (nSPS) is 17.3. The highest BCUT2D eigenvalue weighted by Crippen LogP contribution is 2.44. The Morgan fingerprint density at radius 1 is 1.18 bits per heavy atom. The number of nitriles is 1. The summed E-state index contributed by atoms with van der Waals surface area (Å²) in [5, 5.41) is 12.9. The van der Waals surface area contributed by atoms with Crippen molar-refractivity contribution in [3.63, 3.8) is 0 Å². The second-order valence-electron chi connectivity index (χ2n) is 7.21. The van der Waals surface area contributed by atoms with E-state index in [0.717, 1.165) is 6.07 Å². The lowest BCUT2D eigenvalue weighted by molar-refractivity contribution is -0.140. The van der Waals surface area contributed by atoms with Crippen LogP contribution in [0.5, 0.6) is 0 Å². The van der Waals surface area contributed by atoms with Crippen molar-refractivity contribution >= 4 is 17.1 Å². The third kappa shape index (κ3) is 5.24. The van der Waals surface area contributed by atoms with Crippen molar-refractivity contribution in [3.05, 3.63) is 88.3 Å². The molecule has 0 amide bonds. The van der Waals surface area contributed by atoms with E-state index in [1.165, 1.54) is 25.1 Å². The summed E-state index contributed by atoms with van der Waals surface area (Å²) in [6.07, 6.45) is -4.71. The standard InChI is InChI=1S/C24H21F3N2O3S/c1-3-32-23(30)21-15(2)29-20(14-33(31)16-9-5-4-6-10-16)18(13-28)22(21)17-11-7-8-12-19(17)24(25,26)27/h4-12,22,29H,3,14H2,1-2H3. The summed E-state index contributed by atoms with van der Waals surface area (Å²) in [7, 11) is 0. The molecule has 0 fully saturated rings. The Kier molecular flexibility index (Phi) is 7.51. The van der Waals surface area contributed by atoms with Crippen LogP contribution < -0.4 is 5.32 Å². The van der Waals surface area contributed by atoms with Gasteiger partial charge in [0.15, 0.2) is 10.6 Å². The van der Waals surface area contributed by atoms with Crippen LogP contribution in [0.15, 0.2) is 82.0 Å². The van der Waals surface area contributed by atoms with Gasteiger partial charge in [-0.3, -0.25) is 0 Å². The van der Waals surface area contributed by atoms with Gasteiger partial charge in [0.2, 0.25) is 0 Å². The molecule has 0 saturated carbocycles. The van der Waals surface area contributed by atoms with E-state index in [1.54, 1.807) is 37.3 Å². The number of benzene rings is 2. The van der Waals surface area contributed by atoms with E-state index in [2.05, 4.69) is 5.32 Å². The first-order chi connectivity index (χ1) is 15.7. The van der Waals surface area contributed by atoms with Crippen molar-refractivity contribution in [2.45, 2.75) is 30.8 Å². The van der Waals surface area contributed by atoms with Crippen molar-refractivity contribution in [3.8, 4) is 6.07 Å². The molecule has 2 aromatic rings. The van der Waals surface area contributed by atoms with Crippen LogP contribution in [0.1, 0.15) is 30.9 Å². The van der Waals surface area contributed by atoms with Gasteiger partial charge in [-0.15, -0.1) is 0 Å². The second kappa shape index (κ2) is 10.1. The zero-order chi connectivity index (χ0) is 24.2. The molecule has 1 aliphatic rings. The predicted molar refractivity (Wildman–Crippen MR) is 117 cm³/mol. The van der Waals surface area contributed by atoms with Crippen LogP contribution >= 0.6 is 0 Å². The number of esters is 1. The number of rotatable bonds is 6. The summed E-state index contributed by atoms with van der Waals surface area (Å²) in [5.74, 6) is -2.28. The molecule has 33 heavy (non-hydrogen) atoms. The molecule has 0 bridgehead atoms. The number of halogens is 3. The van der Waals surface area contributed by atoms with E-state index < -0.39 is 34.8 Å². The van der Waals surface area contributed by atoms with Gasteiger partial charge in [-0.25, -0.2) is 4.79 Å². The Morgan fingerprint density at radius 3 is 2.42 bits per heavy atom. The van der Waals surface area contributed by atoms with E-state index >= 15 is 0 Å². The maximum atomic E-state index is 13.8. The van der Waals surface area contributed by atoms with Crippen LogP contribution in [0.3, 0.4) is 0 Å². The van der Waals surface area contributed by atoms with Gasteiger partial charge in [-0.2, -0.15) is 18.4 Å². The molecule has 1 aliphatic heterocycles. The van der Waals surface area contributed by atoms with Crippen LogP contribution in [-0.4, -0.2) is 22.9 Å². The quantitative estimate of drug-likeness (QED) is 0.480. The maximum Gasteiger partial charge on any atom is 0.416 e. The molecule has 0 aromatic heterocycles. The van der Waals surface area contributed by atoms with E-state index in [-0.39, 0.29) is 40.5 Å². The molecule has 2 atom stereocenters. The number of carbonyl (C=O) groups is 1. The Labute approximate surface area is 192 Å². The molecule has 1 N–H and O–H groups in total. The van der Waals surface area contributed by atoms with Crippen LogP contribution in [-0.2, 0) is 26.9 Å². The number of nitrogens with one attached hydrogen (secondary N) is 1. The van der Waals surface area contributed by atoms with Crippen molar-refractivity contribution in [1.29, 1.82) is 5.26 Å². The second-order valence-corrected chi connectivity index (χ2v) is 8.66. The van der Waals surface area contributed by atoms with Crippen molar-refractivity contribution in [2.24, 2.45) is 0 Å². The monoisotopic (exact) mass is 474 g/mol. The number of nitrogens with zero attached hydrogens (tertiary/aromatic N) is 1. The number of hydrogen-bond acceptors (Lipinski definition) is 5. The van der Waals surface area contributed by atoms with Crippen LogP contribution in [0, 0.1) is 11.3 Å². The lowest BCUT2D eigenvalue weighted by Crippen LogP contribution is -2.33. The van der Waals surface area contributed by atoms with Gasteiger partial charge in [0.05, 0.1) is 41.0 Å². The first-order valence-corrected chi connectivity index (χ1v) is 11.4. The number of hydrogen-bond donors (Lipinski definition) is 1. The number of allylic oxidation sites excluding steroid dienone is 2. The average molecular weight is 475 g/mol. The third-order valence-electron chi connectivity index (χ3n) is 5.12. The first kappa shape index (κ1) is 24.4. The summed E-state index contributed by atoms with van der Waals surface area (Å²) in [4.78, 5) is 13.3. The zero-order valence-corrected chi connectivity index (χ0v) is 18.7. The van der Waals surface area contributed by atoms with Crippen LogP contribution in [0.25, 0.3) is 0 Å². The van der Waals surface area contributed by atoms with E-state index in [4.69, 9.17) is 4.74 Å². The van der Waals surface area contributed by atoms with Gasteiger partial charge < -0.3 is 14.6 Å². The van der Waals surface area contributed by atoms with Gasteiger partial charge in [-0.1, -0.05) is 36.4 Å². The minimum Gasteiger partial charge on any atom is -0.611 e. The molecule has 5 nitrogen and oxygen atoms in total. The van der Waals surface area contributed by atoms with Crippen molar-refractivity contribution < 1.29 is 27.3 Å². The minimum atomic E-state index is -4.71. The van der Waals surface area contributed by atoms with Gasteiger partial charge in [0.1, 0.15) is 0 Å². The molecular weight excluding hydrogens is 453 g/mol. The van der Waals surface area contributed by atoms with Gasteiger partial charge in [-0.05, 0) is 48.8 Å². The minimum absolute atomic E-state index is 0.0136. The fourth-order valence-electron chi connectivity index (χ4n) is 3.73. The van der Waals surface area contributed by atoms with Crippen LogP contribution in [0.2, 0.25) is 0 Å².